The molecule has 0 fully saturated rings. The van der Waals surface area contributed by atoms with E-state index in [0.717, 1.165) is 16.5 Å². The first kappa shape index (κ1) is 14.7. The molecule has 0 saturated heterocycles. The average molecular weight is 292 g/mol. The van der Waals surface area contributed by atoms with Crippen molar-refractivity contribution in [2.45, 2.75) is 46.1 Å². The van der Waals surface area contributed by atoms with Crippen LogP contribution in [-0.4, -0.2) is 20.9 Å². The minimum Gasteiger partial charge on any atom is -0.342 e. The van der Waals surface area contributed by atoms with Gasteiger partial charge in [-0.3, -0.25) is 4.79 Å². The number of rotatable bonds is 3. The van der Waals surface area contributed by atoms with Crippen LogP contribution in [0.1, 0.15) is 60.8 Å². The van der Waals surface area contributed by atoms with E-state index >= 15 is 0 Å². The van der Waals surface area contributed by atoms with Crippen molar-refractivity contribution in [1.29, 1.82) is 0 Å². The van der Waals surface area contributed by atoms with Crippen molar-refractivity contribution < 1.29 is 4.79 Å². The average Bonchev–Trinajstić information content (AvgIpc) is 2.95. The van der Waals surface area contributed by atoms with Crippen LogP contribution in [0.15, 0.2) is 11.6 Å². The van der Waals surface area contributed by atoms with Gasteiger partial charge in [-0.05, 0) is 13.8 Å². The maximum Gasteiger partial charge on any atom is 0.269 e. The van der Waals surface area contributed by atoms with E-state index < -0.39 is 0 Å². The molecule has 2 rings (SSSR count). The molecule has 1 amide bonds. The van der Waals surface area contributed by atoms with Gasteiger partial charge in [-0.15, -0.1) is 11.3 Å². The van der Waals surface area contributed by atoms with Crippen LogP contribution in [0, 0.1) is 6.92 Å². The summed E-state index contributed by atoms with van der Waals surface area (Å²) in [5.41, 5.74) is 1.55. The Bertz CT molecular complexity index is 609. The Balaban J connectivity index is 2.07. The van der Waals surface area contributed by atoms with E-state index in [-0.39, 0.29) is 17.4 Å². The smallest absolute Gasteiger partial charge is 0.269 e. The molecule has 20 heavy (non-hydrogen) atoms. The molecule has 5 nitrogen and oxygen atoms in total. The number of hydrogen-bond donors (Lipinski definition) is 2. The minimum atomic E-state index is -0.161. The lowest BCUT2D eigenvalue weighted by Crippen LogP contribution is -2.27. The fraction of sp³-hybridized carbons (Fsp3) is 0.500. The second kappa shape index (κ2) is 5.36. The lowest BCUT2D eigenvalue weighted by molar-refractivity contribution is 0.0935. The third-order valence-electron chi connectivity index (χ3n) is 2.96. The summed E-state index contributed by atoms with van der Waals surface area (Å²) in [6.45, 7) is 10.1. The summed E-state index contributed by atoms with van der Waals surface area (Å²) in [6, 6.07) is -0.118. The third kappa shape index (κ3) is 3.25. The lowest BCUT2D eigenvalue weighted by Gasteiger charge is -2.15. The van der Waals surface area contributed by atoms with Gasteiger partial charge in [0, 0.05) is 10.8 Å². The third-order valence-corrected chi connectivity index (χ3v) is 3.98. The number of nitrogens with one attached hydrogen (secondary N) is 2. The number of aromatic nitrogens is 3. The van der Waals surface area contributed by atoms with Crippen molar-refractivity contribution in [2.75, 3.05) is 0 Å². The summed E-state index contributed by atoms with van der Waals surface area (Å²) in [4.78, 5) is 23.6. The number of thiazole rings is 1. The summed E-state index contributed by atoms with van der Waals surface area (Å²) < 4.78 is 0. The monoisotopic (exact) mass is 292 g/mol. The molecule has 0 aromatic carbocycles. The fourth-order valence-electron chi connectivity index (χ4n) is 1.70. The number of imidazole rings is 1. The Morgan fingerprint density at radius 3 is 2.65 bits per heavy atom. The van der Waals surface area contributed by atoms with Crippen molar-refractivity contribution in [2.24, 2.45) is 0 Å². The van der Waals surface area contributed by atoms with Crippen LogP contribution in [0.2, 0.25) is 0 Å². The summed E-state index contributed by atoms with van der Waals surface area (Å²) in [7, 11) is 0. The molecule has 0 aliphatic carbocycles. The van der Waals surface area contributed by atoms with Crippen LogP contribution < -0.4 is 5.32 Å². The number of aryl methyl sites for hydroxylation is 1. The van der Waals surface area contributed by atoms with E-state index in [0.29, 0.717) is 5.69 Å². The predicted octanol–water partition coefficient (Wildman–Crippen LogP) is 2.96. The van der Waals surface area contributed by atoms with E-state index in [2.05, 4.69) is 46.4 Å². The van der Waals surface area contributed by atoms with E-state index in [4.69, 9.17) is 0 Å². The zero-order valence-corrected chi connectivity index (χ0v) is 13.3. The minimum absolute atomic E-state index is 0.0268. The van der Waals surface area contributed by atoms with Gasteiger partial charge in [-0.2, -0.15) is 0 Å². The lowest BCUT2D eigenvalue weighted by atomic mass is 9.93. The molecule has 0 aliphatic rings. The van der Waals surface area contributed by atoms with Crippen LogP contribution in [0.4, 0.5) is 0 Å². The standard InChI is InChI=1S/C14H20N4OS/c1-8(13-18-11(7-20-13)14(3,4)5)16-12(19)10-6-15-9(2)17-10/h6-8H,1-5H3,(H,15,17)(H,16,19). The largest absolute Gasteiger partial charge is 0.342 e. The van der Waals surface area contributed by atoms with E-state index in [9.17, 15) is 4.79 Å². The van der Waals surface area contributed by atoms with E-state index in [1.165, 1.54) is 0 Å². The molecule has 0 spiro atoms. The molecule has 0 saturated carbocycles. The second-order valence-corrected chi connectivity index (χ2v) is 6.79. The molecule has 1 atom stereocenters. The van der Waals surface area contributed by atoms with Crippen molar-refractivity contribution >= 4 is 17.2 Å². The van der Waals surface area contributed by atoms with Crippen LogP contribution in [-0.2, 0) is 5.41 Å². The molecule has 2 aromatic rings. The van der Waals surface area contributed by atoms with Crippen molar-refractivity contribution in [3.63, 3.8) is 0 Å². The van der Waals surface area contributed by atoms with Gasteiger partial charge in [0.2, 0.25) is 0 Å². The Morgan fingerprint density at radius 1 is 1.45 bits per heavy atom. The maximum atomic E-state index is 12.0. The predicted molar refractivity (Wildman–Crippen MR) is 80.0 cm³/mol. The summed E-state index contributed by atoms with van der Waals surface area (Å²) in [6.07, 6.45) is 1.54. The molecule has 0 radical (unpaired) electrons. The van der Waals surface area contributed by atoms with Gasteiger partial charge in [-0.1, -0.05) is 20.8 Å². The number of aromatic amines is 1. The molecule has 2 aromatic heterocycles. The van der Waals surface area contributed by atoms with Crippen molar-refractivity contribution in [1.82, 2.24) is 20.3 Å². The SMILES string of the molecule is Cc1ncc(C(=O)NC(C)c2nc(C(C)(C)C)cs2)[nH]1. The highest BCUT2D eigenvalue weighted by Gasteiger charge is 2.20. The molecule has 0 aliphatic heterocycles. The molecule has 0 bridgehead atoms. The topological polar surface area (TPSA) is 70.7 Å². The fourth-order valence-corrected chi connectivity index (χ4v) is 2.76. The molecule has 1 unspecified atom stereocenters. The van der Waals surface area contributed by atoms with Crippen molar-refractivity contribution in [3.8, 4) is 0 Å². The number of nitrogens with zero attached hydrogens (tertiary/aromatic N) is 2. The first-order valence-electron chi connectivity index (χ1n) is 6.56. The molecule has 2 heterocycles. The van der Waals surface area contributed by atoms with Gasteiger partial charge in [0.05, 0.1) is 17.9 Å². The quantitative estimate of drug-likeness (QED) is 0.913. The summed E-state index contributed by atoms with van der Waals surface area (Å²) in [5.74, 6) is 0.567. The highest BCUT2D eigenvalue weighted by atomic mass is 32.1. The Labute approximate surface area is 122 Å². The molecular weight excluding hydrogens is 272 g/mol. The van der Waals surface area contributed by atoms with Crippen LogP contribution in [0.25, 0.3) is 0 Å². The van der Waals surface area contributed by atoms with Gasteiger partial charge in [0.25, 0.3) is 5.91 Å². The summed E-state index contributed by atoms with van der Waals surface area (Å²) in [5, 5.41) is 5.90. The van der Waals surface area contributed by atoms with Crippen LogP contribution in [0.3, 0.4) is 0 Å². The van der Waals surface area contributed by atoms with Gasteiger partial charge in [0.15, 0.2) is 0 Å². The number of amides is 1. The normalized spacial score (nSPS) is 13.2. The van der Waals surface area contributed by atoms with E-state index in [1.807, 2.05) is 13.8 Å². The molecule has 2 N–H and O–H groups in total. The number of hydrogen-bond acceptors (Lipinski definition) is 4. The first-order valence-corrected chi connectivity index (χ1v) is 7.43. The highest BCUT2D eigenvalue weighted by Crippen LogP contribution is 2.26. The maximum absolute atomic E-state index is 12.0. The zero-order chi connectivity index (χ0) is 14.9. The number of H-pyrrole nitrogens is 1. The van der Waals surface area contributed by atoms with Crippen molar-refractivity contribution in [3.05, 3.63) is 33.8 Å². The van der Waals surface area contributed by atoms with Gasteiger partial charge >= 0.3 is 0 Å². The van der Waals surface area contributed by atoms with Crippen LogP contribution in [0.5, 0.6) is 0 Å². The Morgan fingerprint density at radius 2 is 2.15 bits per heavy atom. The number of carbonyl (C=O) groups is 1. The van der Waals surface area contributed by atoms with Crippen LogP contribution >= 0.6 is 11.3 Å². The Hall–Kier alpha value is -1.69. The zero-order valence-electron chi connectivity index (χ0n) is 12.4. The molecule has 6 heteroatoms. The van der Waals surface area contributed by atoms with Gasteiger partial charge < -0.3 is 10.3 Å². The Kier molecular flexibility index (Phi) is 3.94. The molecule has 108 valence electrons. The summed E-state index contributed by atoms with van der Waals surface area (Å²) >= 11 is 1.58. The molecular formula is C14H20N4OS. The highest BCUT2D eigenvalue weighted by molar-refractivity contribution is 7.09. The van der Waals surface area contributed by atoms with E-state index in [1.54, 1.807) is 17.5 Å². The number of carbonyl (C=O) groups excluding carboxylic acids is 1. The second-order valence-electron chi connectivity index (χ2n) is 5.90. The van der Waals surface area contributed by atoms with Gasteiger partial charge in [-0.25, -0.2) is 9.97 Å². The van der Waals surface area contributed by atoms with Gasteiger partial charge in [0.1, 0.15) is 16.5 Å². The first-order chi connectivity index (χ1) is 9.27.